The third-order valence-electron chi connectivity index (χ3n) is 2.92. The van der Waals surface area contributed by atoms with Crippen molar-refractivity contribution < 1.29 is 19.3 Å². The number of methoxy groups -OCH3 is 2. The number of hydrogen-bond acceptors (Lipinski definition) is 7. The van der Waals surface area contributed by atoms with E-state index >= 15 is 0 Å². The van der Waals surface area contributed by atoms with E-state index in [2.05, 4.69) is 0 Å². The fourth-order valence-corrected chi connectivity index (χ4v) is 2.25. The monoisotopic (exact) mass is 423 g/mol. The molecule has 2 N–H and O–H groups in total. The third kappa shape index (κ3) is 5.25. The molecule has 0 radical (unpaired) electrons. The smallest absolute Gasteiger partial charge is 0.274 e. The lowest BCUT2D eigenvalue weighted by Crippen LogP contribution is -1.96. The molecule has 0 atom stereocenters. The lowest BCUT2D eigenvalue weighted by atomic mass is 10.2. The quantitative estimate of drug-likeness (QED) is 0.425. The number of nitro groups is 2. The van der Waals surface area contributed by atoms with E-state index in [-0.39, 0.29) is 43.6 Å². The van der Waals surface area contributed by atoms with Crippen molar-refractivity contribution >= 4 is 51.9 Å². The van der Waals surface area contributed by atoms with Gasteiger partial charge in [0.2, 0.25) is 0 Å². The molecule has 0 bridgehead atoms. The van der Waals surface area contributed by atoms with Crippen LogP contribution in [-0.4, -0.2) is 24.1 Å². The Balaban J connectivity index is 0.000000260. The van der Waals surface area contributed by atoms with Crippen molar-refractivity contribution in [3.63, 3.8) is 0 Å². The van der Waals surface area contributed by atoms with Gasteiger partial charge in [-0.1, -0.05) is 34.8 Å². The van der Waals surface area contributed by atoms with Gasteiger partial charge in [-0.25, -0.2) is 0 Å². The van der Waals surface area contributed by atoms with Gasteiger partial charge in [-0.2, -0.15) is 0 Å². The molecule has 2 aromatic carbocycles. The van der Waals surface area contributed by atoms with E-state index in [1.165, 1.54) is 38.5 Å². The van der Waals surface area contributed by atoms with Crippen molar-refractivity contribution in [2.24, 2.45) is 0 Å². The van der Waals surface area contributed by atoms with Crippen molar-refractivity contribution in [1.82, 2.24) is 0 Å². The maximum atomic E-state index is 10.4. The highest BCUT2D eigenvalue weighted by Crippen LogP contribution is 2.36. The summed E-state index contributed by atoms with van der Waals surface area (Å²) in [6, 6.07) is 4.79. The molecule has 0 aliphatic rings. The Morgan fingerprint density at radius 2 is 1.27 bits per heavy atom. The van der Waals surface area contributed by atoms with Gasteiger partial charge >= 0.3 is 0 Å². The molecule has 0 amide bonds. The van der Waals surface area contributed by atoms with Crippen molar-refractivity contribution in [2.75, 3.05) is 20.0 Å². The Kier molecular flexibility index (Phi) is 7.69. The maximum Gasteiger partial charge on any atom is 0.274 e. The van der Waals surface area contributed by atoms with E-state index in [1.807, 2.05) is 0 Å². The van der Waals surface area contributed by atoms with Crippen LogP contribution in [0.2, 0.25) is 15.1 Å². The molecule has 0 spiro atoms. The van der Waals surface area contributed by atoms with E-state index in [4.69, 9.17) is 50.0 Å². The molecule has 0 aliphatic carbocycles. The molecule has 0 saturated carbocycles. The number of halogens is 3. The van der Waals surface area contributed by atoms with Gasteiger partial charge < -0.3 is 15.2 Å². The number of nitrogens with zero attached hydrogens (tertiary/aromatic N) is 2. The van der Waals surface area contributed by atoms with Gasteiger partial charge in [0, 0.05) is 12.1 Å². The highest BCUT2D eigenvalue weighted by atomic mass is 35.5. The summed E-state index contributed by atoms with van der Waals surface area (Å²) in [5.74, 6) is 0.403. The van der Waals surface area contributed by atoms with Crippen molar-refractivity contribution in [2.45, 2.75) is 0 Å². The largest absolute Gasteiger partial charge is 0.495 e. The minimum atomic E-state index is -0.565. The molecule has 9 nitrogen and oxygen atoms in total. The molecule has 0 unspecified atom stereocenters. The van der Waals surface area contributed by atoms with Gasteiger partial charge in [0.05, 0.1) is 51.9 Å². The second-order valence-electron chi connectivity index (χ2n) is 4.50. The molecule has 0 aliphatic heterocycles. The first-order valence-corrected chi connectivity index (χ1v) is 7.70. The van der Waals surface area contributed by atoms with Crippen LogP contribution in [0.4, 0.5) is 17.1 Å². The number of rotatable bonds is 4. The molecule has 2 rings (SSSR count). The first-order valence-electron chi connectivity index (χ1n) is 6.57. The zero-order chi connectivity index (χ0) is 20.0. The van der Waals surface area contributed by atoms with E-state index in [9.17, 15) is 20.2 Å². The second kappa shape index (κ2) is 9.27. The van der Waals surface area contributed by atoms with E-state index in [1.54, 1.807) is 0 Å². The molecule has 140 valence electrons. The summed E-state index contributed by atoms with van der Waals surface area (Å²) in [6.45, 7) is 0. The number of nitro benzene ring substituents is 2. The lowest BCUT2D eigenvalue weighted by molar-refractivity contribution is -0.385. The Bertz CT molecular complexity index is 778. The average molecular weight is 425 g/mol. The van der Waals surface area contributed by atoms with E-state index < -0.39 is 9.85 Å². The first kappa shape index (κ1) is 21.6. The molecule has 26 heavy (non-hydrogen) atoms. The van der Waals surface area contributed by atoms with Crippen LogP contribution in [0.3, 0.4) is 0 Å². The number of nitrogen functional groups attached to an aromatic ring is 1. The van der Waals surface area contributed by atoms with Gasteiger partial charge in [-0.15, -0.1) is 0 Å². The fourth-order valence-electron chi connectivity index (χ4n) is 1.66. The minimum absolute atomic E-state index is 0.104. The molecule has 0 aromatic heterocycles. The summed E-state index contributed by atoms with van der Waals surface area (Å²) < 4.78 is 9.60. The zero-order valence-corrected chi connectivity index (χ0v) is 15.6. The van der Waals surface area contributed by atoms with Gasteiger partial charge in [-0.05, 0) is 0 Å². The Morgan fingerprint density at radius 3 is 1.69 bits per heavy atom. The highest BCUT2D eigenvalue weighted by Gasteiger charge is 2.14. The molecule has 0 saturated heterocycles. The Hall–Kier alpha value is -2.49. The third-order valence-corrected chi connectivity index (χ3v) is 4.01. The highest BCUT2D eigenvalue weighted by molar-refractivity contribution is 6.43. The predicted molar refractivity (Wildman–Crippen MR) is 98.7 cm³/mol. The molecular weight excluding hydrogens is 413 g/mol. The minimum Gasteiger partial charge on any atom is -0.495 e. The molecular formula is C14H12Cl3N3O6. The van der Waals surface area contributed by atoms with Crippen LogP contribution in [0.1, 0.15) is 0 Å². The van der Waals surface area contributed by atoms with Crippen molar-refractivity contribution in [3.05, 3.63) is 59.6 Å². The number of non-ortho nitro benzene ring substituents is 2. The predicted octanol–water partition coefficient (Wildman–Crippen LogP) is 4.75. The number of ether oxygens (including phenoxy) is 2. The van der Waals surface area contributed by atoms with Crippen LogP contribution >= 0.6 is 34.8 Å². The SMILES string of the molecule is COc1cc([N+](=O)[O-])cc(Cl)c1Cl.COc1cc([N+](=O)[O-])cc(Cl)c1N. The van der Waals surface area contributed by atoms with Crippen LogP contribution in [0.15, 0.2) is 24.3 Å². The summed E-state index contributed by atoms with van der Waals surface area (Å²) in [5, 5.41) is 21.2. The molecule has 0 fully saturated rings. The average Bonchev–Trinajstić information content (AvgIpc) is 2.59. The van der Waals surface area contributed by atoms with E-state index in [0.29, 0.717) is 0 Å². The fraction of sp³-hybridized carbons (Fsp3) is 0.143. The zero-order valence-electron chi connectivity index (χ0n) is 13.4. The number of hydrogen-bond donors (Lipinski definition) is 1. The molecule has 0 heterocycles. The van der Waals surface area contributed by atoms with Gasteiger partial charge in [-0.3, -0.25) is 20.2 Å². The van der Waals surface area contributed by atoms with Crippen LogP contribution in [-0.2, 0) is 0 Å². The molecule has 12 heteroatoms. The summed E-state index contributed by atoms with van der Waals surface area (Å²) >= 11 is 16.9. The summed E-state index contributed by atoms with van der Waals surface area (Å²) in [7, 11) is 2.73. The van der Waals surface area contributed by atoms with Gasteiger partial charge in [0.25, 0.3) is 11.4 Å². The van der Waals surface area contributed by atoms with Crippen LogP contribution in [0, 0.1) is 20.2 Å². The van der Waals surface area contributed by atoms with E-state index in [0.717, 1.165) is 0 Å². The maximum absolute atomic E-state index is 10.4. The Labute approximate surface area is 162 Å². The van der Waals surface area contributed by atoms with Gasteiger partial charge in [0.15, 0.2) is 0 Å². The summed E-state index contributed by atoms with van der Waals surface area (Å²) in [6.07, 6.45) is 0. The normalized spacial score (nSPS) is 9.73. The Morgan fingerprint density at radius 1 is 0.846 bits per heavy atom. The topological polar surface area (TPSA) is 131 Å². The van der Waals surface area contributed by atoms with Crippen molar-refractivity contribution in [3.8, 4) is 11.5 Å². The number of nitrogens with two attached hydrogens (primary N) is 1. The molecule has 2 aromatic rings. The summed E-state index contributed by atoms with van der Waals surface area (Å²) in [5.41, 5.74) is 5.40. The standard InChI is InChI=1S/C7H5Cl2NO3.C7H7ClN2O3/c2*1-13-6-3-4(10(11)12)2-5(8)7(6)9/h2-3H,1H3;2-3H,9H2,1H3. The first-order chi connectivity index (χ1) is 12.1. The van der Waals surface area contributed by atoms with Crippen LogP contribution in [0.5, 0.6) is 11.5 Å². The lowest BCUT2D eigenvalue weighted by Gasteiger charge is -2.04. The van der Waals surface area contributed by atoms with Crippen LogP contribution in [0.25, 0.3) is 0 Å². The summed E-state index contributed by atoms with van der Waals surface area (Å²) in [4.78, 5) is 19.6. The number of anilines is 1. The van der Waals surface area contributed by atoms with Crippen LogP contribution < -0.4 is 15.2 Å². The van der Waals surface area contributed by atoms with Gasteiger partial charge in [0.1, 0.15) is 16.5 Å². The number of benzene rings is 2. The van der Waals surface area contributed by atoms with Crippen molar-refractivity contribution in [1.29, 1.82) is 0 Å². The second-order valence-corrected chi connectivity index (χ2v) is 5.69.